The second-order valence-corrected chi connectivity index (χ2v) is 5.96. The minimum absolute atomic E-state index is 0.267. The average molecular weight is 384 g/mol. The van der Waals surface area contributed by atoms with E-state index in [-0.39, 0.29) is 11.0 Å². The van der Waals surface area contributed by atoms with E-state index in [1.807, 2.05) is 0 Å². The van der Waals surface area contributed by atoms with Crippen LogP contribution in [-0.4, -0.2) is 35.8 Å². The van der Waals surface area contributed by atoms with Gasteiger partial charge in [-0.3, -0.25) is 9.69 Å². The first-order valence-electron chi connectivity index (χ1n) is 7.94. The lowest BCUT2D eigenvalue weighted by molar-refractivity contribution is -0.139. The number of ether oxygens (including phenoxy) is 2. The van der Waals surface area contributed by atoms with Gasteiger partial charge in [0.2, 0.25) is 0 Å². The number of thiocarbonyl (C=S) groups is 1. The predicted octanol–water partition coefficient (Wildman–Crippen LogP) is 2.42. The van der Waals surface area contributed by atoms with Crippen molar-refractivity contribution in [1.82, 2.24) is 5.32 Å². The van der Waals surface area contributed by atoms with Gasteiger partial charge in [0.25, 0.3) is 5.91 Å². The SMILES string of the molecule is COc1ccc(N2C(=O)/C(=C\c3ccc(OCC(=O)O)cc3)NC2=S)cc1. The summed E-state index contributed by atoms with van der Waals surface area (Å²) in [5.74, 6) is -0.198. The van der Waals surface area contributed by atoms with E-state index < -0.39 is 12.6 Å². The van der Waals surface area contributed by atoms with E-state index >= 15 is 0 Å². The van der Waals surface area contributed by atoms with E-state index in [4.69, 9.17) is 26.8 Å². The Morgan fingerprint density at radius 1 is 1.15 bits per heavy atom. The summed E-state index contributed by atoms with van der Waals surface area (Å²) in [6.07, 6.45) is 1.67. The van der Waals surface area contributed by atoms with Crippen molar-refractivity contribution in [2.45, 2.75) is 0 Å². The monoisotopic (exact) mass is 384 g/mol. The van der Waals surface area contributed by atoms with Crippen molar-refractivity contribution in [2.75, 3.05) is 18.6 Å². The molecule has 2 aromatic rings. The van der Waals surface area contributed by atoms with Crippen LogP contribution in [0.3, 0.4) is 0 Å². The third-order valence-electron chi connectivity index (χ3n) is 3.76. The molecular formula is C19H16N2O5S. The number of hydrogen-bond acceptors (Lipinski definition) is 5. The summed E-state index contributed by atoms with van der Waals surface area (Å²) < 4.78 is 10.2. The van der Waals surface area contributed by atoms with E-state index in [9.17, 15) is 9.59 Å². The second-order valence-electron chi connectivity index (χ2n) is 5.58. The summed E-state index contributed by atoms with van der Waals surface area (Å²) in [6.45, 7) is -0.411. The Morgan fingerprint density at radius 2 is 1.78 bits per heavy atom. The van der Waals surface area contributed by atoms with Crippen molar-refractivity contribution in [3.63, 3.8) is 0 Å². The molecular weight excluding hydrogens is 368 g/mol. The van der Waals surface area contributed by atoms with E-state index in [0.717, 1.165) is 5.56 Å². The predicted molar refractivity (Wildman–Crippen MR) is 104 cm³/mol. The molecule has 0 atom stereocenters. The third kappa shape index (κ3) is 4.24. The number of carboxylic acid groups (broad SMARTS) is 1. The molecule has 0 radical (unpaired) electrons. The minimum atomic E-state index is -1.05. The topological polar surface area (TPSA) is 88.1 Å². The third-order valence-corrected chi connectivity index (χ3v) is 4.05. The van der Waals surface area contributed by atoms with Crippen LogP contribution in [0.2, 0.25) is 0 Å². The van der Waals surface area contributed by atoms with E-state index in [1.165, 1.54) is 4.90 Å². The molecule has 2 aromatic carbocycles. The number of hydrogen-bond donors (Lipinski definition) is 2. The maximum Gasteiger partial charge on any atom is 0.341 e. The molecule has 0 aliphatic carbocycles. The molecule has 2 N–H and O–H groups in total. The lowest BCUT2D eigenvalue weighted by atomic mass is 10.2. The highest BCUT2D eigenvalue weighted by molar-refractivity contribution is 7.80. The molecule has 0 spiro atoms. The first-order valence-corrected chi connectivity index (χ1v) is 8.34. The normalized spacial score (nSPS) is 15.0. The van der Waals surface area contributed by atoms with Gasteiger partial charge in [-0.1, -0.05) is 12.1 Å². The van der Waals surface area contributed by atoms with Crippen molar-refractivity contribution in [3.8, 4) is 11.5 Å². The lowest BCUT2D eigenvalue weighted by Gasteiger charge is -2.14. The van der Waals surface area contributed by atoms with Gasteiger partial charge in [-0.05, 0) is 60.3 Å². The van der Waals surface area contributed by atoms with Crippen LogP contribution in [0.4, 0.5) is 5.69 Å². The Balaban J connectivity index is 1.76. The molecule has 0 bridgehead atoms. The Kier molecular flexibility index (Phi) is 5.37. The number of carboxylic acids is 1. The zero-order valence-corrected chi connectivity index (χ0v) is 15.2. The maximum atomic E-state index is 12.7. The van der Waals surface area contributed by atoms with Crippen LogP contribution in [0.1, 0.15) is 5.56 Å². The number of benzene rings is 2. The van der Waals surface area contributed by atoms with E-state index in [1.54, 1.807) is 61.7 Å². The van der Waals surface area contributed by atoms with Crippen LogP contribution in [0.25, 0.3) is 6.08 Å². The van der Waals surface area contributed by atoms with Crippen molar-refractivity contribution in [1.29, 1.82) is 0 Å². The van der Waals surface area contributed by atoms with Gasteiger partial charge in [-0.25, -0.2) is 4.79 Å². The number of carbonyl (C=O) groups is 2. The van der Waals surface area contributed by atoms with Crippen LogP contribution in [0.5, 0.6) is 11.5 Å². The number of nitrogens with one attached hydrogen (secondary N) is 1. The van der Waals surface area contributed by atoms with Crippen molar-refractivity contribution in [2.24, 2.45) is 0 Å². The number of aliphatic carboxylic acids is 1. The Labute approximate surface area is 160 Å². The molecule has 1 aliphatic heterocycles. The fraction of sp³-hybridized carbons (Fsp3) is 0.105. The molecule has 138 valence electrons. The molecule has 0 unspecified atom stereocenters. The van der Waals surface area contributed by atoms with Gasteiger partial charge in [0.1, 0.15) is 17.2 Å². The highest BCUT2D eigenvalue weighted by atomic mass is 32.1. The number of anilines is 1. The molecule has 3 rings (SSSR count). The number of rotatable bonds is 6. The van der Waals surface area contributed by atoms with Gasteiger partial charge in [0, 0.05) is 0 Å². The van der Waals surface area contributed by atoms with E-state index in [0.29, 0.717) is 22.9 Å². The smallest absolute Gasteiger partial charge is 0.341 e. The van der Waals surface area contributed by atoms with Gasteiger partial charge >= 0.3 is 5.97 Å². The number of carbonyl (C=O) groups excluding carboxylic acids is 1. The number of nitrogens with zero attached hydrogens (tertiary/aromatic N) is 1. The maximum absolute atomic E-state index is 12.7. The summed E-state index contributed by atoms with van der Waals surface area (Å²) in [6, 6.07) is 13.7. The summed E-state index contributed by atoms with van der Waals surface area (Å²) in [4.78, 5) is 24.6. The van der Waals surface area contributed by atoms with E-state index in [2.05, 4.69) is 5.32 Å². The van der Waals surface area contributed by atoms with Crippen molar-refractivity contribution >= 4 is 41.0 Å². The van der Waals surface area contributed by atoms with Crippen LogP contribution in [0, 0.1) is 0 Å². The molecule has 1 fully saturated rings. The molecule has 1 amide bonds. The first kappa shape index (κ1) is 18.4. The highest BCUT2D eigenvalue weighted by Crippen LogP contribution is 2.25. The van der Waals surface area contributed by atoms with Crippen LogP contribution in [0.15, 0.2) is 54.2 Å². The quantitative estimate of drug-likeness (QED) is 0.584. The summed E-state index contributed by atoms with van der Waals surface area (Å²) in [5.41, 5.74) is 1.72. The fourth-order valence-electron chi connectivity index (χ4n) is 2.47. The van der Waals surface area contributed by atoms with Gasteiger partial charge in [0.05, 0.1) is 12.8 Å². The van der Waals surface area contributed by atoms with Crippen molar-refractivity contribution < 1.29 is 24.2 Å². The zero-order valence-electron chi connectivity index (χ0n) is 14.3. The Morgan fingerprint density at radius 3 is 2.37 bits per heavy atom. The van der Waals surface area contributed by atoms with Gasteiger partial charge in [-0.15, -0.1) is 0 Å². The summed E-state index contributed by atoms with van der Waals surface area (Å²) in [5, 5.41) is 11.8. The Hall–Kier alpha value is -3.39. The fourth-order valence-corrected chi connectivity index (χ4v) is 2.77. The molecule has 7 nitrogen and oxygen atoms in total. The molecule has 0 saturated carbocycles. The molecule has 1 saturated heterocycles. The number of amides is 1. The Bertz CT molecular complexity index is 907. The van der Waals surface area contributed by atoms with Gasteiger partial charge in [0.15, 0.2) is 11.7 Å². The molecule has 27 heavy (non-hydrogen) atoms. The average Bonchev–Trinajstić information content (AvgIpc) is 2.94. The van der Waals surface area contributed by atoms with Crippen LogP contribution < -0.4 is 19.7 Å². The number of methoxy groups -OCH3 is 1. The van der Waals surface area contributed by atoms with Gasteiger partial charge < -0.3 is 19.9 Å². The van der Waals surface area contributed by atoms with Crippen molar-refractivity contribution in [3.05, 3.63) is 59.8 Å². The summed E-state index contributed by atoms with van der Waals surface area (Å²) in [7, 11) is 1.57. The molecule has 8 heteroatoms. The first-order chi connectivity index (χ1) is 13.0. The highest BCUT2D eigenvalue weighted by Gasteiger charge is 2.31. The zero-order chi connectivity index (χ0) is 19.4. The molecule has 0 aromatic heterocycles. The van der Waals surface area contributed by atoms with Gasteiger partial charge in [-0.2, -0.15) is 0 Å². The standard InChI is InChI=1S/C19H16N2O5S/c1-25-14-8-4-13(5-9-14)21-18(24)16(20-19(21)27)10-12-2-6-15(7-3-12)26-11-17(22)23/h2-10H,11H2,1H3,(H,20,27)(H,22,23)/b16-10+. The lowest BCUT2D eigenvalue weighted by Crippen LogP contribution is -2.30. The minimum Gasteiger partial charge on any atom is -0.497 e. The molecule has 1 heterocycles. The largest absolute Gasteiger partial charge is 0.497 e. The molecule has 1 aliphatic rings. The van der Waals surface area contributed by atoms with Crippen LogP contribution >= 0.6 is 12.2 Å². The second kappa shape index (κ2) is 7.88. The summed E-state index contributed by atoms with van der Waals surface area (Å²) >= 11 is 5.28. The van der Waals surface area contributed by atoms with Crippen LogP contribution in [-0.2, 0) is 9.59 Å².